The van der Waals surface area contributed by atoms with Gasteiger partial charge in [0, 0.05) is 37.9 Å². The van der Waals surface area contributed by atoms with E-state index in [4.69, 9.17) is 0 Å². The number of nitrogens with one attached hydrogen (secondary N) is 1. The first-order valence-electron chi connectivity index (χ1n) is 11.2. The van der Waals surface area contributed by atoms with Crippen molar-refractivity contribution in [2.75, 3.05) is 19.6 Å². The Hall–Kier alpha value is -2.95. The van der Waals surface area contributed by atoms with Crippen molar-refractivity contribution in [1.82, 2.24) is 15.2 Å². The molecule has 2 amide bonds. The molecular weight excluding hydrogens is 386 g/mol. The lowest BCUT2D eigenvalue weighted by Crippen LogP contribution is -2.51. The monoisotopic (exact) mass is 417 g/mol. The first-order chi connectivity index (χ1) is 15.0. The van der Waals surface area contributed by atoms with Crippen LogP contribution in [-0.2, 0) is 16.0 Å². The summed E-state index contributed by atoms with van der Waals surface area (Å²) in [6, 6.07) is 12.3. The number of carbonyl (C=O) groups is 2. The fraction of sp³-hybridized carbons (Fsp3) is 0.423. The maximum absolute atomic E-state index is 13.2. The van der Waals surface area contributed by atoms with Crippen molar-refractivity contribution < 1.29 is 9.59 Å². The molecule has 1 saturated carbocycles. The van der Waals surface area contributed by atoms with E-state index in [1.54, 1.807) is 12.3 Å². The van der Waals surface area contributed by atoms with E-state index in [1.165, 1.54) is 0 Å². The molecule has 2 atom stereocenters. The summed E-state index contributed by atoms with van der Waals surface area (Å²) >= 11 is 0. The van der Waals surface area contributed by atoms with Gasteiger partial charge in [-0.05, 0) is 54.4 Å². The summed E-state index contributed by atoms with van der Waals surface area (Å²) in [5.41, 5.74) is 2.78. The van der Waals surface area contributed by atoms with Gasteiger partial charge >= 0.3 is 0 Å². The molecule has 2 fully saturated rings. The molecule has 0 unspecified atom stereocenters. The molecule has 0 bridgehead atoms. The summed E-state index contributed by atoms with van der Waals surface area (Å²) in [5.74, 6) is 1.03. The Morgan fingerprint density at radius 3 is 2.61 bits per heavy atom. The van der Waals surface area contributed by atoms with Gasteiger partial charge in [0.05, 0.1) is 5.41 Å². The van der Waals surface area contributed by atoms with E-state index in [9.17, 15) is 9.59 Å². The van der Waals surface area contributed by atoms with E-state index >= 15 is 0 Å². The number of hydrogen-bond donors (Lipinski definition) is 1. The Morgan fingerprint density at radius 2 is 1.97 bits per heavy atom. The molecule has 1 aromatic carbocycles. The Labute approximate surface area is 184 Å². The molecule has 1 aromatic heterocycles. The van der Waals surface area contributed by atoms with Gasteiger partial charge in [0.15, 0.2) is 0 Å². The highest BCUT2D eigenvalue weighted by Crippen LogP contribution is 2.42. The SMILES string of the molecule is C=CCNC(=O)C1(Cc2cccc(-c3cccnc3)c2)CCN(C(=O)[C@H]2C[C@H]2C)CC1. The fourth-order valence-electron chi connectivity index (χ4n) is 4.68. The number of amides is 2. The fourth-order valence-corrected chi connectivity index (χ4v) is 4.68. The van der Waals surface area contributed by atoms with E-state index in [2.05, 4.69) is 42.0 Å². The lowest BCUT2D eigenvalue weighted by molar-refractivity contribution is -0.141. The number of nitrogens with zero attached hydrogens (tertiary/aromatic N) is 2. The lowest BCUT2D eigenvalue weighted by Gasteiger charge is -2.41. The normalized spacial score (nSPS) is 21.9. The number of likely N-dealkylation sites (tertiary alicyclic amines) is 1. The van der Waals surface area contributed by atoms with Crippen LogP contribution in [0.15, 0.2) is 61.4 Å². The molecule has 5 nitrogen and oxygen atoms in total. The minimum atomic E-state index is -0.511. The van der Waals surface area contributed by atoms with E-state index in [1.807, 2.05) is 29.3 Å². The van der Waals surface area contributed by atoms with Gasteiger partial charge in [-0.15, -0.1) is 6.58 Å². The summed E-state index contributed by atoms with van der Waals surface area (Å²) in [7, 11) is 0. The zero-order valence-electron chi connectivity index (χ0n) is 18.2. The number of carbonyl (C=O) groups excluding carboxylic acids is 2. The minimum Gasteiger partial charge on any atom is -0.352 e. The van der Waals surface area contributed by atoms with Crippen LogP contribution in [0.4, 0.5) is 0 Å². The van der Waals surface area contributed by atoms with Crippen LogP contribution in [0.3, 0.4) is 0 Å². The molecule has 31 heavy (non-hydrogen) atoms. The summed E-state index contributed by atoms with van der Waals surface area (Å²) in [5, 5.41) is 3.03. The van der Waals surface area contributed by atoms with Crippen LogP contribution in [0, 0.1) is 17.3 Å². The quantitative estimate of drug-likeness (QED) is 0.696. The predicted molar refractivity (Wildman–Crippen MR) is 122 cm³/mol. The maximum Gasteiger partial charge on any atom is 0.226 e. The van der Waals surface area contributed by atoms with Crippen molar-refractivity contribution in [3.05, 3.63) is 67.0 Å². The molecule has 1 saturated heterocycles. The second-order valence-corrected chi connectivity index (χ2v) is 9.04. The average Bonchev–Trinajstić information content (AvgIpc) is 3.54. The number of rotatable bonds is 7. The standard InChI is InChI=1S/C26H31N3O2/c1-3-11-28-25(31)26(9-13-29(14-10-26)24(30)23-15-19(23)2)17-20-6-4-7-21(16-20)22-8-5-12-27-18-22/h3-8,12,16,18-19,23H,1,9-11,13-15,17H2,2H3,(H,28,31)/t19-,23+/m1/s1. The van der Waals surface area contributed by atoms with Gasteiger partial charge in [-0.25, -0.2) is 0 Å². The second-order valence-electron chi connectivity index (χ2n) is 9.04. The second kappa shape index (κ2) is 9.04. The van der Waals surface area contributed by atoms with E-state index in [-0.39, 0.29) is 17.7 Å². The molecule has 5 heteroatoms. The Kier molecular flexibility index (Phi) is 6.21. The van der Waals surface area contributed by atoms with Gasteiger partial charge in [0.1, 0.15) is 0 Å². The number of pyridine rings is 1. The Balaban J connectivity index is 1.53. The smallest absolute Gasteiger partial charge is 0.226 e. The van der Waals surface area contributed by atoms with Gasteiger partial charge in [0.2, 0.25) is 11.8 Å². The van der Waals surface area contributed by atoms with Gasteiger partial charge < -0.3 is 10.2 Å². The molecule has 162 valence electrons. The first kappa shape index (κ1) is 21.3. The van der Waals surface area contributed by atoms with Crippen molar-refractivity contribution >= 4 is 11.8 Å². The predicted octanol–water partition coefficient (Wildman–Crippen LogP) is 3.86. The molecule has 0 spiro atoms. The first-order valence-corrected chi connectivity index (χ1v) is 11.2. The van der Waals surface area contributed by atoms with E-state index in [0.29, 0.717) is 44.8 Å². The summed E-state index contributed by atoms with van der Waals surface area (Å²) in [6.45, 7) is 7.60. The zero-order chi connectivity index (χ0) is 21.8. The number of piperidine rings is 1. The van der Waals surface area contributed by atoms with E-state index < -0.39 is 5.41 Å². The molecule has 2 heterocycles. The van der Waals surface area contributed by atoms with Crippen LogP contribution in [0.25, 0.3) is 11.1 Å². The highest BCUT2D eigenvalue weighted by molar-refractivity contribution is 5.85. The van der Waals surface area contributed by atoms with Crippen molar-refractivity contribution in [3.8, 4) is 11.1 Å². The van der Waals surface area contributed by atoms with Gasteiger partial charge in [0.25, 0.3) is 0 Å². The maximum atomic E-state index is 13.2. The minimum absolute atomic E-state index is 0.0612. The van der Waals surface area contributed by atoms with Crippen LogP contribution >= 0.6 is 0 Å². The molecule has 4 rings (SSSR count). The molecule has 1 aliphatic heterocycles. The van der Waals surface area contributed by atoms with Crippen LogP contribution in [-0.4, -0.2) is 41.3 Å². The molecule has 0 radical (unpaired) electrons. The van der Waals surface area contributed by atoms with Crippen molar-refractivity contribution in [2.45, 2.75) is 32.6 Å². The molecule has 1 aliphatic carbocycles. The lowest BCUT2D eigenvalue weighted by atomic mass is 9.72. The van der Waals surface area contributed by atoms with Crippen LogP contribution < -0.4 is 5.32 Å². The Morgan fingerprint density at radius 1 is 1.23 bits per heavy atom. The third kappa shape index (κ3) is 4.71. The topological polar surface area (TPSA) is 62.3 Å². The molecule has 2 aromatic rings. The van der Waals surface area contributed by atoms with Gasteiger partial charge in [-0.1, -0.05) is 43.3 Å². The summed E-state index contributed by atoms with van der Waals surface area (Å²) < 4.78 is 0. The summed E-state index contributed by atoms with van der Waals surface area (Å²) in [4.78, 5) is 32.1. The average molecular weight is 418 g/mol. The van der Waals surface area contributed by atoms with Crippen LogP contribution in [0.1, 0.15) is 31.7 Å². The number of aromatic nitrogens is 1. The van der Waals surface area contributed by atoms with Crippen LogP contribution in [0.2, 0.25) is 0 Å². The molecule has 1 N–H and O–H groups in total. The van der Waals surface area contributed by atoms with E-state index in [0.717, 1.165) is 23.1 Å². The van der Waals surface area contributed by atoms with Gasteiger partial charge in [-0.2, -0.15) is 0 Å². The Bertz CT molecular complexity index is 948. The van der Waals surface area contributed by atoms with Crippen LogP contribution in [0.5, 0.6) is 0 Å². The third-order valence-corrected chi connectivity index (χ3v) is 6.81. The molecular formula is C26H31N3O2. The molecule has 2 aliphatic rings. The number of hydrogen-bond acceptors (Lipinski definition) is 3. The summed E-state index contributed by atoms with van der Waals surface area (Å²) in [6.07, 6.45) is 8.35. The highest BCUT2D eigenvalue weighted by atomic mass is 16.2. The van der Waals surface area contributed by atoms with Crippen molar-refractivity contribution in [2.24, 2.45) is 17.3 Å². The van der Waals surface area contributed by atoms with Gasteiger partial charge in [-0.3, -0.25) is 14.6 Å². The largest absolute Gasteiger partial charge is 0.352 e. The third-order valence-electron chi connectivity index (χ3n) is 6.81. The van der Waals surface area contributed by atoms with Crippen molar-refractivity contribution in [3.63, 3.8) is 0 Å². The van der Waals surface area contributed by atoms with Crippen molar-refractivity contribution in [1.29, 1.82) is 0 Å². The zero-order valence-corrected chi connectivity index (χ0v) is 18.2. The number of benzene rings is 1. The highest BCUT2D eigenvalue weighted by Gasteiger charge is 2.46.